The molecule has 2 aromatic carbocycles. The fraction of sp³-hybridized carbons (Fsp3) is 0.530. The molecule has 0 saturated carbocycles. The molecule has 3 aliphatic carbocycles. The van der Waals surface area contributed by atoms with E-state index >= 15 is 0 Å². The number of cyclic esters (lactones) is 1. The van der Waals surface area contributed by atoms with Crippen molar-refractivity contribution in [2.75, 3.05) is 0 Å². The number of carboxylic acids is 1. The molecule has 0 spiro atoms. The van der Waals surface area contributed by atoms with E-state index in [4.69, 9.17) is 18.9 Å². The number of rotatable bonds is 15. The third-order valence-corrected chi connectivity index (χ3v) is 15.7. The molecule has 14 nitrogen and oxygen atoms in total. The minimum Gasteiger partial charge on any atom is -0.507 e. The number of aromatic hydroxyl groups is 3. The van der Waals surface area contributed by atoms with E-state index in [1.165, 1.54) is 53.5 Å². The zero-order chi connectivity index (χ0) is 59.2. The summed E-state index contributed by atoms with van der Waals surface area (Å²) in [5, 5.41) is 41.8. The SMILES string of the molecule is C=C(C)[C@@H]1CCC(C)=C[C@H]1OC(=O)n1ccnc1.C=C(C)[C@@H]1CCC(C)=C[C@H]1c1c(O)cc(CCCCC)cc1O.CC(=O)CC1=CC(=O)OC(C)(C)O1.CCCCCc1cc2c(c(O)c1C(=O)O)[C@@H]1C=C(C)CC[C@H]1C(C)(C)O2. The third kappa shape index (κ3) is 17.3. The maximum absolute atomic E-state index is 11.9. The van der Waals surface area contributed by atoms with E-state index in [9.17, 15) is 39.6 Å². The number of hydrogen-bond donors (Lipinski definition) is 4. The first kappa shape index (κ1) is 64.0. The van der Waals surface area contributed by atoms with E-state index in [1.807, 2.05) is 38.1 Å². The molecule has 5 aliphatic rings. The second-order valence-corrected chi connectivity index (χ2v) is 23.6. The van der Waals surface area contributed by atoms with Gasteiger partial charge in [-0.05, 0) is 161 Å². The normalized spacial score (nSPS) is 22.2. The van der Waals surface area contributed by atoms with Gasteiger partial charge in [-0.1, -0.05) is 92.7 Å². The predicted molar refractivity (Wildman–Crippen MR) is 313 cm³/mol. The van der Waals surface area contributed by atoms with Crippen molar-refractivity contribution in [1.29, 1.82) is 0 Å². The van der Waals surface area contributed by atoms with Crippen LogP contribution in [0.5, 0.6) is 23.0 Å². The van der Waals surface area contributed by atoms with Crippen LogP contribution in [0.2, 0.25) is 0 Å². The van der Waals surface area contributed by atoms with Gasteiger partial charge >= 0.3 is 18.0 Å². The first-order valence-electron chi connectivity index (χ1n) is 28.7. The number of carbonyl (C=O) groups is 4. The molecule has 0 unspecified atom stereocenters. The van der Waals surface area contributed by atoms with E-state index < -0.39 is 23.8 Å². The maximum Gasteiger partial charge on any atom is 0.419 e. The number of aromatic carboxylic acids is 1. The minimum absolute atomic E-state index is 0.00490. The number of hydrogen-bond acceptors (Lipinski definition) is 12. The fourth-order valence-electron chi connectivity index (χ4n) is 11.6. The standard InChI is InChI=1S/C22H30O4.C21H30O2.C14H18N2O2.C9H12O4/c1-5-6-7-8-14-12-17-19(20(23)18(14)21(24)25)15-11-13(2)9-10-16(15)22(3,4)26-17;1-5-6-7-8-16-12-19(22)21(20(23)13-16)18-11-15(4)9-10-17(18)14(2)3;1-10(2)12-5-4-11(3)8-13(12)18-14(17)16-7-6-15-9-16;1-6(10)4-7-5-8(11)13-9(2,3)12-7/h11-12,15-16,23H,5-10H2,1-4H3,(H,24,25);11-13,17-18,22-23H,2,5-10H2,1,3-4H3;6-9,12-13H,1,4-5H2,2-3H3;5H,4H2,1-3H3/t15-,16-;17-,18+;12-,13+;/m100./s1. The van der Waals surface area contributed by atoms with Crippen LogP contribution >= 0.6 is 0 Å². The van der Waals surface area contributed by atoms with E-state index in [2.05, 4.69) is 78.8 Å². The van der Waals surface area contributed by atoms with Crippen LogP contribution < -0.4 is 4.74 Å². The number of Topliss-reactive ketones (excluding diaryl/α,β-unsaturated/α-hetero) is 1. The van der Waals surface area contributed by atoms with Crippen molar-refractivity contribution >= 4 is 23.8 Å². The van der Waals surface area contributed by atoms with Gasteiger partial charge in [-0.3, -0.25) is 4.79 Å². The number of phenols is 3. The van der Waals surface area contributed by atoms with Crippen molar-refractivity contribution in [1.82, 2.24) is 9.55 Å². The Morgan fingerprint density at radius 2 is 1.32 bits per heavy atom. The van der Waals surface area contributed by atoms with Crippen molar-refractivity contribution in [3.63, 3.8) is 0 Å². The number of esters is 1. The summed E-state index contributed by atoms with van der Waals surface area (Å²) in [6, 6.07) is 5.53. The lowest BCUT2D eigenvalue weighted by molar-refractivity contribution is -0.205. The molecule has 14 heteroatoms. The van der Waals surface area contributed by atoms with Gasteiger partial charge in [-0.2, -0.15) is 0 Å². The maximum atomic E-state index is 11.9. The van der Waals surface area contributed by atoms with Crippen LogP contribution in [0, 0.1) is 17.8 Å². The van der Waals surface area contributed by atoms with Crippen molar-refractivity contribution in [3.05, 3.63) is 136 Å². The second kappa shape index (κ2) is 28.5. The van der Waals surface area contributed by atoms with Crippen LogP contribution in [0.25, 0.3) is 0 Å². The third-order valence-electron chi connectivity index (χ3n) is 15.7. The molecule has 8 rings (SSSR count). The minimum atomic E-state index is -1.06. The van der Waals surface area contributed by atoms with Gasteiger partial charge in [0.25, 0.3) is 0 Å². The molecule has 436 valence electrons. The Morgan fingerprint density at radius 1 is 0.750 bits per heavy atom. The summed E-state index contributed by atoms with van der Waals surface area (Å²) in [5.74, 6) is -0.424. The van der Waals surface area contributed by atoms with E-state index in [0.717, 1.165) is 87.3 Å². The number of imidazole rings is 1. The van der Waals surface area contributed by atoms with Gasteiger partial charge in [-0.15, -0.1) is 0 Å². The van der Waals surface area contributed by atoms with Gasteiger partial charge in [0, 0.05) is 61.0 Å². The number of aromatic nitrogens is 2. The Kier molecular flexibility index (Phi) is 22.8. The van der Waals surface area contributed by atoms with Crippen LogP contribution in [0.1, 0.15) is 211 Å². The van der Waals surface area contributed by atoms with Crippen LogP contribution in [0.15, 0.2) is 108 Å². The molecular weight excluding hydrogens is 1010 g/mol. The van der Waals surface area contributed by atoms with Gasteiger partial charge in [-0.25, -0.2) is 23.9 Å². The monoisotopic (exact) mass is 1100 g/mol. The topological polar surface area (TPSA) is 204 Å². The zero-order valence-electron chi connectivity index (χ0n) is 49.7. The number of phenolic OH excluding ortho intramolecular Hbond substituents is 2. The number of nitrogens with zero attached hydrogens (tertiary/aromatic N) is 2. The number of ketones is 1. The quantitative estimate of drug-likeness (QED) is 0.0636. The average Bonchev–Trinajstić information content (AvgIpc) is 3.90. The van der Waals surface area contributed by atoms with Gasteiger partial charge in [0.1, 0.15) is 58.1 Å². The van der Waals surface area contributed by atoms with Gasteiger partial charge in [0.15, 0.2) is 0 Å². The van der Waals surface area contributed by atoms with Crippen molar-refractivity contribution in [2.45, 2.75) is 209 Å². The number of fused-ring (bicyclic) bond motifs is 3. The summed E-state index contributed by atoms with van der Waals surface area (Å²) in [6.07, 6.45) is 25.8. The van der Waals surface area contributed by atoms with Crippen molar-refractivity contribution in [3.8, 4) is 23.0 Å². The number of aryl methyl sites for hydroxylation is 2. The molecule has 0 bridgehead atoms. The van der Waals surface area contributed by atoms with E-state index in [1.54, 1.807) is 26.2 Å². The van der Waals surface area contributed by atoms with Gasteiger partial charge < -0.3 is 39.4 Å². The largest absolute Gasteiger partial charge is 0.507 e. The highest BCUT2D eigenvalue weighted by Crippen LogP contribution is 2.55. The van der Waals surface area contributed by atoms with Crippen molar-refractivity contribution < 1.29 is 58.6 Å². The molecule has 6 atom stereocenters. The lowest BCUT2D eigenvalue weighted by atomic mass is 9.67. The highest BCUT2D eigenvalue weighted by molar-refractivity contribution is 5.94. The zero-order valence-corrected chi connectivity index (χ0v) is 49.7. The number of benzene rings is 2. The average molecular weight is 1100 g/mol. The molecule has 3 heterocycles. The van der Waals surface area contributed by atoms with Crippen LogP contribution in [0.3, 0.4) is 0 Å². The van der Waals surface area contributed by atoms with Crippen LogP contribution in [-0.2, 0) is 36.6 Å². The molecule has 80 heavy (non-hydrogen) atoms. The predicted octanol–water partition coefficient (Wildman–Crippen LogP) is 15.6. The van der Waals surface area contributed by atoms with Gasteiger partial charge in [0.05, 0.1) is 12.5 Å². The molecular formula is C66H90N2O12. The highest BCUT2D eigenvalue weighted by Gasteiger charge is 2.46. The molecule has 0 saturated heterocycles. The number of allylic oxidation sites excluding steroid dienone is 7. The van der Waals surface area contributed by atoms with Crippen LogP contribution in [-0.4, -0.2) is 71.3 Å². The molecule has 0 radical (unpaired) electrons. The summed E-state index contributed by atoms with van der Waals surface area (Å²) in [6.45, 7) is 31.6. The number of unbranched alkanes of at least 4 members (excludes halogenated alkanes) is 4. The summed E-state index contributed by atoms with van der Waals surface area (Å²) >= 11 is 0. The summed E-state index contributed by atoms with van der Waals surface area (Å²) in [7, 11) is 0. The summed E-state index contributed by atoms with van der Waals surface area (Å²) in [4.78, 5) is 49.4. The van der Waals surface area contributed by atoms with Crippen LogP contribution in [0.4, 0.5) is 4.79 Å². The molecule has 3 aromatic rings. The molecule has 0 amide bonds. The lowest BCUT2D eigenvalue weighted by Crippen LogP contribution is -2.45. The first-order chi connectivity index (χ1) is 37.7. The van der Waals surface area contributed by atoms with E-state index in [0.29, 0.717) is 34.6 Å². The number of ether oxygens (including phenoxy) is 4. The Hall–Kier alpha value is -6.83. The second-order valence-electron chi connectivity index (χ2n) is 23.6. The Labute approximate surface area is 475 Å². The molecule has 1 aromatic heterocycles. The lowest BCUT2D eigenvalue weighted by Gasteiger charge is -2.46. The smallest absolute Gasteiger partial charge is 0.419 e. The molecule has 2 aliphatic heterocycles. The first-order valence-corrected chi connectivity index (χ1v) is 28.7. The van der Waals surface area contributed by atoms with Gasteiger partial charge in [0.2, 0.25) is 5.79 Å². The summed E-state index contributed by atoms with van der Waals surface area (Å²) < 4.78 is 23.3. The fourth-order valence-corrected chi connectivity index (χ4v) is 11.6. The van der Waals surface area contributed by atoms with Crippen molar-refractivity contribution in [2.24, 2.45) is 17.8 Å². The molecule has 0 fully saturated rings. The Morgan fingerprint density at radius 3 is 1.88 bits per heavy atom. The summed E-state index contributed by atoms with van der Waals surface area (Å²) in [5.41, 5.74) is 8.76. The molecule has 4 N–H and O–H groups in total. The Bertz CT molecular complexity index is 2820. The highest BCUT2D eigenvalue weighted by atomic mass is 16.7. The number of carbonyl (C=O) groups excluding carboxylic acids is 3. The number of carboxylic acid groups (broad SMARTS) is 1. The van der Waals surface area contributed by atoms with E-state index in [-0.39, 0.29) is 76.3 Å². The Balaban J connectivity index is 0.000000202.